The predicted molar refractivity (Wildman–Crippen MR) is 101 cm³/mol. The summed E-state index contributed by atoms with van der Waals surface area (Å²) in [6, 6.07) is 22.7. The molecule has 4 N–H and O–H groups in total. The molecule has 0 amide bonds. The Kier molecular flexibility index (Phi) is 3.99. The van der Waals surface area contributed by atoms with Crippen LogP contribution < -0.4 is 16.3 Å². The smallest absolute Gasteiger partial charge is 0.174 e. The molecule has 0 aliphatic rings. The number of fused-ring (bicyclic) bond motifs is 1. The number of amidine groups is 1. The Bertz CT molecular complexity index is 1070. The molecule has 0 saturated heterocycles. The third-order valence-corrected chi connectivity index (χ3v) is 4.01. The summed E-state index contributed by atoms with van der Waals surface area (Å²) in [6.07, 6.45) is 0. The molecule has 26 heavy (non-hydrogen) atoms. The molecule has 3 aromatic carbocycles. The Balaban J connectivity index is 1.67. The first-order valence-electron chi connectivity index (χ1n) is 8.01. The van der Waals surface area contributed by atoms with E-state index < -0.39 is 0 Å². The number of hydrogen-bond acceptors (Lipinski definition) is 5. The van der Waals surface area contributed by atoms with Crippen LogP contribution in [0.15, 0.2) is 82.4 Å². The van der Waals surface area contributed by atoms with Crippen LogP contribution in [-0.4, -0.2) is 11.0 Å². The maximum atomic E-state index is 5.81. The summed E-state index contributed by atoms with van der Waals surface area (Å²) >= 11 is 0. The van der Waals surface area contributed by atoms with Gasteiger partial charge in [0.1, 0.15) is 22.9 Å². The molecule has 0 bridgehead atoms. The maximum absolute atomic E-state index is 5.81. The third-order valence-electron chi connectivity index (χ3n) is 4.01. The number of rotatable bonds is 4. The number of hydrazone groups is 1. The van der Waals surface area contributed by atoms with Crippen LogP contribution >= 0.6 is 0 Å². The molecule has 0 radical (unpaired) electrons. The lowest BCUT2D eigenvalue weighted by Gasteiger charge is -2.06. The number of nitrogens with two attached hydrogens (primary N) is 2. The van der Waals surface area contributed by atoms with Gasteiger partial charge < -0.3 is 20.8 Å². The van der Waals surface area contributed by atoms with Gasteiger partial charge in [-0.15, -0.1) is 0 Å². The summed E-state index contributed by atoms with van der Waals surface area (Å²) < 4.78 is 11.3. The highest BCUT2D eigenvalue weighted by Crippen LogP contribution is 2.31. The summed E-state index contributed by atoms with van der Waals surface area (Å²) in [4.78, 5) is 0. The van der Waals surface area contributed by atoms with Crippen LogP contribution in [0.3, 0.4) is 0 Å². The zero-order valence-electron chi connectivity index (χ0n) is 13.8. The largest absolute Gasteiger partial charge is 0.457 e. The molecule has 128 valence electrons. The Morgan fingerprint density at radius 1 is 0.923 bits per heavy atom. The highest BCUT2D eigenvalue weighted by atomic mass is 16.5. The van der Waals surface area contributed by atoms with Crippen LogP contribution in [0.25, 0.3) is 22.2 Å². The highest BCUT2D eigenvalue weighted by Gasteiger charge is 2.12. The average Bonchev–Trinajstić information content (AvgIpc) is 3.12. The van der Waals surface area contributed by atoms with Crippen LogP contribution in [0.4, 0.5) is 0 Å². The molecule has 0 fully saturated rings. The van der Waals surface area contributed by atoms with Crippen molar-refractivity contribution in [1.29, 1.82) is 0 Å². The Morgan fingerprint density at radius 2 is 1.65 bits per heavy atom. The minimum absolute atomic E-state index is 0.255. The summed E-state index contributed by atoms with van der Waals surface area (Å²) in [5.41, 5.74) is 8.13. The summed E-state index contributed by atoms with van der Waals surface area (Å²) in [6.45, 7) is 0. The topological polar surface area (TPSA) is 99.7 Å². The lowest BCUT2D eigenvalue weighted by atomic mass is 10.1. The molecule has 0 spiro atoms. The fraction of sp³-hybridized carbons (Fsp3) is 0. The minimum atomic E-state index is 0.255. The quantitative estimate of drug-likeness (QED) is 0.253. The van der Waals surface area contributed by atoms with Gasteiger partial charge in [-0.3, -0.25) is 0 Å². The van der Waals surface area contributed by atoms with E-state index in [1.165, 1.54) is 0 Å². The second kappa shape index (κ2) is 6.60. The van der Waals surface area contributed by atoms with Gasteiger partial charge in [0.15, 0.2) is 5.76 Å². The van der Waals surface area contributed by atoms with Gasteiger partial charge >= 0.3 is 0 Å². The van der Waals surface area contributed by atoms with E-state index >= 15 is 0 Å². The van der Waals surface area contributed by atoms with Crippen molar-refractivity contribution in [3.63, 3.8) is 0 Å². The minimum Gasteiger partial charge on any atom is -0.457 e. The highest BCUT2D eigenvalue weighted by molar-refractivity contribution is 6.02. The second-order valence-corrected chi connectivity index (χ2v) is 5.70. The zero-order valence-corrected chi connectivity index (χ0v) is 13.8. The van der Waals surface area contributed by atoms with Crippen LogP contribution in [-0.2, 0) is 0 Å². The molecule has 0 atom stereocenters. The van der Waals surface area contributed by atoms with E-state index in [0.29, 0.717) is 11.3 Å². The van der Waals surface area contributed by atoms with E-state index in [4.69, 9.17) is 20.8 Å². The second-order valence-electron chi connectivity index (χ2n) is 5.70. The van der Waals surface area contributed by atoms with E-state index in [2.05, 4.69) is 10.3 Å². The molecule has 0 saturated carbocycles. The van der Waals surface area contributed by atoms with Crippen molar-refractivity contribution in [2.75, 3.05) is 0 Å². The van der Waals surface area contributed by atoms with E-state index in [-0.39, 0.29) is 5.84 Å². The van der Waals surface area contributed by atoms with Crippen molar-refractivity contribution in [3.8, 4) is 22.8 Å². The molecule has 6 nitrogen and oxygen atoms in total. The van der Waals surface area contributed by atoms with Crippen molar-refractivity contribution in [2.24, 2.45) is 16.7 Å². The molecule has 4 aromatic rings. The molecule has 1 aromatic heterocycles. The van der Waals surface area contributed by atoms with Gasteiger partial charge in [-0.25, -0.2) is 0 Å². The van der Waals surface area contributed by atoms with Crippen LogP contribution in [0.5, 0.6) is 11.5 Å². The van der Waals surface area contributed by atoms with Gasteiger partial charge in [-0.05, 0) is 54.6 Å². The Morgan fingerprint density at radius 3 is 2.38 bits per heavy atom. The first kappa shape index (κ1) is 15.7. The lowest BCUT2D eigenvalue weighted by molar-refractivity contribution is 0.440. The van der Waals surface area contributed by atoms with E-state index in [9.17, 15) is 0 Å². The lowest BCUT2D eigenvalue weighted by Crippen LogP contribution is -2.15. The number of para-hydroxylation sites is 1. The van der Waals surface area contributed by atoms with Crippen molar-refractivity contribution in [2.45, 2.75) is 0 Å². The van der Waals surface area contributed by atoms with Gasteiger partial charge in [0.25, 0.3) is 0 Å². The normalized spacial score (nSPS) is 11.6. The fourth-order valence-corrected chi connectivity index (χ4v) is 2.68. The van der Waals surface area contributed by atoms with Gasteiger partial charge in [-0.1, -0.05) is 23.4 Å². The number of nitrogens with zero attached hydrogens (tertiary/aromatic N) is 2. The first-order chi connectivity index (χ1) is 12.7. The molecule has 0 aliphatic carbocycles. The van der Waals surface area contributed by atoms with Crippen molar-refractivity contribution in [3.05, 3.63) is 78.4 Å². The zero-order chi connectivity index (χ0) is 17.9. The molecular weight excluding hydrogens is 328 g/mol. The molecule has 4 rings (SSSR count). The van der Waals surface area contributed by atoms with Crippen LogP contribution in [0.1, 0.15) is 5.56 Å². The van der Waals surface area contributed by atoms with Gasteiger partial charge in [0.05, 0.1) is 5.39 Å². The SMILES string of the molecule is N/N=C(\N)c1ccc2noc(-c3ccc(Oc4ccccc4)cc3)c2c1. The van der Waals surface area contributed by atoms with E-state index in [1.807, 2.05) is 66.7 Å². The van der Waals surface area contributed by atoms with Gasteiger partial charge in [0.2, 0.25) is 0 Å². The first-order valence-corrected chi connectivity index (χ1v) is 8.01. The Hall–Kier alpha value is -3.80. The molecular formula is C20H16N4O2. The van der Waals surface area contributed by atoms with Gasteiger partial charge in [0, 0.05) is 11.1 Å². The predicted octanol–water partition coefficient (Wildman–Crippen LogP) is 3.87. The third kappa shape index (κ3) is 2.95. The van der Waals surface area contributed by atoms with Crippen molar-refractivity contribution >= 4 is 16.7 Å². The number of hydrogen-bond donors (Lipinski definition) is 2. The van der Waals surface area contributed by atoms with E-state index in [0.717, 1.165) is 28.0 Å². The Labute approximate surface area is 149 Å². The molecule has 0 unspecified atom stereocenters. The van der Waals surface area contributed by atoms with Crippen molar-refractivity contribution in [1.82, 2.24) is 5.16 Å². The van der Waals surface area contributed by atoms with Crippen molar-refractivity contribution < 1.29 is 9.26 Å². The van der Waals surface area contributed by atoms with Gasteiger partial charge in [-0.2, -0.15) is 5.10 Å². The van der Waals surface area contributed by atoms with Crippen LogP contribution in [0.2, 0.25) is 0 Å². The standard InChI is InChI=1S/C20H16N4O2/c21-20(23-22)14-8-11-18-17(12-14)19(26-24-18)13-6-9-16(10-7-13)25-15-4-2-1-3-5-15/h1-12H,22H2,(H2,21,23). The number of benzene rings is 3. The average molecular weight is 344 g/mol. The molecule has 1 heterocycles. The monoisotopic (exact) mass is 344 g/mol. The van der Waals surface area contributed by atoms with E-state index in [1.54, 1.807) is 6.07 Å². The number of ether oxygens (including phenoxy) is 1. The number of aromatic nitrogens is 1. The summed E-state index contributed by atoms with van der Waals surface area (Å²) in [5, 5.41) is 8.46. The molecule has 0 aliphatic heterocycles. The maximum Gasteiger partial charge on any atom is 0.174 e. The summed E-state index contributed by atoms with van der Waals surface area (Å²) in [5.74, 6) is 7.69. The summed E-state index contributed by atoms with van der Waals surface area (Å²) in [7, 11) is 0. The fourth-order valence-electron chi connectivity index (χ4n) is 2.68. The van der Waals surface area contributed by atoms with Crippen LogP contribution in [0, 0.1) is 0 Å². The molecule has 6 heteroatoms.